The Balaban J connectivity index is 1.84. The van der Waals surface area contributed by atoms with Crippen LogP contribution in [0.25, 0.3) is 0 Å². The van der Waals surface area contributed by atoms with Crippen LogP contribution in [0.4, 0.5) is 0 Å². The highest BCUT2D eigenvalue weighted by atomic mass is 32.1. The van der Waals surface area contributed by atoms with E-state index in [0.717, 1.165) is 31.9 Å². The molecule has 2 rings (SSSR count). The highest BCUT2D eigenvalue weighted by Gasteiger charge is 2.03. The number of hydrogen-bond acceptors (Lipinski definition) is 4. The third kappa shape index (κ3) is 3.66. The monoisotopic (exact) mass is 265 g/mol. The van der Waals surface area contributed by atoms with Crippen molar-refractivity contribution < 1.29 is 4.74 Å². The molecule has 98 valence electrons. The number of aromatic nitrogens is 2. The Labute approximate surface area is 112 Å². The van der Waals surface area contributed by atoms with Crippen LogP contribution >= 0.6 is 11.3 Å². The Kier molecular flexibility index (Phi) is 4.92. The van der Waals surface area contributed by atoms with Crippen LogP contribution < -0.4 is 5.32 Å². The molecule has 0 saturated heterocycles. The van der Waals surface area contributed by atoms with Crippen molar-refractivity contribution >= 4 is 11.3 Å². The van der Waals surface area contributed by atoms with Gasteiger partial charge in [-0.1, -0.05) is 0 Å². The molecule has 0 bridgehead atoms. The lowest BCUT2D eigenvalue weighted by molar-refractivity contribution is 0.199. The van der Waals surface area contributed by atoms with Crippen molar-refractivity contribution in [3.8, 4) is 0 Å². The molecule has 0 saturated carbocycles. The highest BCUT2D eigenvalue weighted by Crippen LogP contribution is 2.16. The van der Waals surface area contributed by atoms with Crippen molar-refractivity contribution in [2.45, 2.75) is 20.0 Å². The average molecular weight is 265 g/mol. The van der Waals surface area contributed by atoms with Crippen molar-refractivity contribution in [2.24, 2.45) is 0 Å². The van der Waals surface area contributed by atoms with E-state index in [9.17, 15) is 0 Å². The Morgan fingerprint density at radius 3 is 3.11 bits per heavy atom. The number of methoxy groups -OCH3 is 1. The molecule has 0 aliphatic carbocycles. The van der Waals surface area contributed by atoms with Crippen LogP contribution in [0.15, 0.2) is 24.0 Å². The van der Waals surface area contributed by atoms with Gasteiger partial charge in [-0.25, -0.2) is 4.98 Å². The van der Waals surface area contributed by atoms with Crippen molar-refractivity contribution in [1.82, 2.24) is 14.9 Å². The number of imidazole rings is 1. The van der Waals surface area contributed by atoms with Crippen molar-refractivity contribution in [1.29, 1.82) is 0 Å². The summed E-state index contributed by atoms with van der Waals surface area (Å²) in [6.07, 6.45) is 3.99. The molecule has 0 unspecified atom stereocenters. The Hall–Kier alpha value is -1.17. The summed E-state index contributed by atoms with van der Waals surface area (Å²) in [5.41, 5.74) is 2.42. The van der Waals surface area contributed by atoms with Crippen LogP contribution in [-0.2, 0) is 17.8 Å². The van der Waals surface area contributed by atoms with Gasteiger partial charge in [0.2, 0.25) is 0 Å². The van der Waals surface area contributed by atoms with Crippen LogP contribution in [-0.4, -0.2) is 29.8 Å². The molecule has 2 heterocycles. The second-order valence-electron chi connectivity index (χ2n) is 4.23. The molecule has 2 aromatic rings. The molecule has 0 atom stereocenters. The molecule has 0 aromatic carbocycles. The predicted molar refractivity (Wildman–Crippen MR) is 74.0 cm³/mol. The summed E-state index contributed by atoms with van der Waals surface area (Å²) >= 11 is 1.80. The maximum atomic E-state index is 4.98. The molecule has 0 fully saturated rings. The molecule has 0 amide bonds. The fourth-order valence-electron chi connectivity index (χ4n) is 1.71. The van der Waals surface area contributed by atoms with Gasteiger partial charge in [0.1, 0.15) is 0 Å². The summed E-state index contributed by atoms with van der Waals surface area (Å²) in [4.78, 5) is 5.78. The fourth-order valence-corrected chi connectivity index (χ4v) is 2.62. The van der Waals surface area contributed by atoms with Gasteiger partial charge in [-0.05, 0) is 23.9 Å². The maximum Gasteiger partial charge on any atom is 0.0953 e. The second kappa shape index (κ2) is 6.68. The molecule has 0 aliphatic heterocycles. The molecular weight excluding hydrogens is 246 g/mol. The summed E-state index contributed by atoms with van der Waals surface area (Å²) in [5.74, 6) is 0. The summed E-state index contributed by atoms with van der Waals surface area (Å²) in [7, 11) is 1.71. The molecule has 0 radical (unpaired) electrons. The lowest BCUT2D eigenvalue weighted by atomic mass is 10.3. The third-order valence-corrected chi connectivity index (χ3v) is 3.78. The summed E-state index contributed by atoms with van der Waals surface area (Å²) in [5, 5.41) is 5.42. The molecule has 2 aromatic heterocycles. The molecule has 4 nitrogen and oxygen atoms in total. The summed E-state index contributed by atoms with van der Waals surface area (Å²) in [6, 6.07) is 2.16. The van der Waals surface area contributed by atoms with E-state index in [-0.39, 0.29) is 0 Å². The van der Waals surface area contributed by atoms with Crippen molar-refractivity contribution in [3.63, 3.8) is 0 Å². The van der Waals surface area contributed by atoms with Crippen LogP contribution in [0.3, 0.4) is 0 Å². The quantitative estimate of drug-likeness (QED) is 0.779. The fraction of sp³-hybridized carbons (Fsp3) is 0.462. The molecule has 1 N–H and O–H groups in total. The molecule has 0 aliphatic rings. The van der Waals surface area contributed by atoms with E-state index >= 15 is 0 Å². The maximum absolute atomic E-state index is 4.98. The van der Waals surface area contributed by atoms with E-state index in [1.165, 1.54) is 10.4 Å². The molecule has 5 heteroatoms. The number of thiophene rings is 1. The zero-order valence-electron chi connectivity index (χ0n) is 10.8. The number of ether oxygens (including phenoxy) is 1. The zero-order valence-corrected chi connectivity index (χ0v) is 11.7. The van der Waals surface area contributed by atoms with E-state index < -0.39 is 0 Å². The van der Waals surface area contributed by atoms with E-state index in [2.05, 4.69) is 39.4 Å². The SMILES string of the molecule is COCCNCc1cn(Cc2sccc2C)cn1. The normalized spacial score (nSPS) is 11.0. The second-order valence-corrected chi connectivity index (χ2v) is 5.23. The number of rotatable bonds is 7. The topological polar surface area (TPSA) is 39.1 Å². The molecule has 0 spiro atoms. The largest absolute Gasteiger partial charge is 0.383 e. The van der Waals surface area contributed by atoms with Gasteiger partial charge in [-0.3, -0.25) is 0 Å². The lowest BCUT2D eigenvalue weighted by Gasteiger charge is -2.01. The van der Waals surface area contributed by atoms with E-state index in [1.807, 2.05) is 6.33 Å². The van der Waals surface area contributed by atoms with E-state index in [1.54, 1.807) is 18.4 Å². The predicted octanol–water partition coefficient (Wildman–Crippen LogP) is 2.04. The minimum atomic E-state index is 0.731. The smallest absolute Gasteiger partial charge is 0.0953 e. The standard InChI is InChI=1S/C13H19N3OS/c1-11-3-6-18-13(11)9-16-8-12(15-10-16)7-14-4-5-17-2/h3,6,8,10,14H,4-5,7,9H2,1-2H3. The Bertz CT molecular complexity index is 478. The number of hydrogen-bond donors (Lipinski definition) is 1. The lowest BCUT2D eigenvalue weighted by Crippen LogP contribution is -2.18. The Morgan fingerprint density at radius 2 is 2.39 bits per heavy atom. The Morgan fingerprint density at radius 1 is 1.50 bits per heavy atom. The third-order valence-electron chi connectivity index (χ3n) is 2.77. The van der Waals surface area contributed by atoms with Crippen molar-refractivity contribution in [2.75, 3.05) is 20.3 Å². The van der Waals surface area contributed by atoms with Crippen LogP contribution in [0.5, 0.6) is 0 Å². The number of nitrogens with zero attached hydrogens (tertiary/aromatic N) is 2. The van der Waals surface area contributed by atoms with Crippen LogP contribution in [0.1, 0.15) is 16.1 Å². The van der Waals surface area contributed by atoms with E-state index in [4.69, 9.17) is 4.74 Å². The first-order valence-electron chi connectivity index (χ1n) is 6.03. The number of nitrogens with one attached hydrogen (secondary N) is 1. The van der Waals surface area contributed by atoms with Gasteiger partial charge in [-0.15, -0.1) is 11.3 Å². The zero-order chi connectivity index (χ0) is 12.8. The first-order valence-corrected chi connectivity index (χ1v) is 6.91. The minimum absolute atomic E-state index is 0.731. The molecule has 18 heavy (non-hydrogen) atoms. The van der Waals surface area contributed by atoms with Gasteiger partial charge in [0, 0.05) is 31.3 Å². The van der Waals surface area contributed by atoms with Crippen molar-refractivity contribution in [3.05, 3.63) is 40.1 Å². The average Bonchev–Trinajstić information content (AvgIpc) is 2.96. The highest BCUT2D eigenvalue weighted by molar-refractivity contribution is 7.10. The molecular formula is C13H19N3OS. The van der Waals surface area contributed by atoms with Gasteiger partial charge < -0.3 is 14.6 Å². The van der Waals surface area contributed by atoms with E-state index in [0.29, 0.717) is 0 Å². The van der Waals surface area contributed by atoms with Gasteiger partial charge >= 0.3 is 0 Å². The summed E-state index contributed by atoms with van der Waals surface area (Å²) < 4.78 is 7.11. The van der Waals surface area contributed by atoms with Gasteiger partial charge in [-0.2, -0.15) is 0 Å². The van der Waals surface area contributed by atoms with Crippen LogP contribution in [0, 0.1) is 6.92 Å². The van der Waals surface area contributed by atoms with Gasteiger partial charge in [0.15, 0.2) is 0 Å². The minimum Gasteiger partial charge on any atom is -0.383 e. The number of aryl methyl sites for hydroxylation is 1. The van der Waals surface area contributed by atoms with Gasteiger partial charge in [0.05, 0.1) is 25.2 Å². The van der Waals surface area contributed by atoms with Crippen LogP contribution in [0.2, 0.25) is 0 Å². The summed E-state index contributed by atoms with van der Waals surface area (Å²) in [6.45, 7) is 5.44. The first kappa shape index (κ1) is 13.3. The first-order chi connectivity index (χ1) is 8.79. The van der Waals surface area contributed by atoms with Gasteiger partial charge in [0.25, 0.3) is 0 Å².